The average molecular weight is 247 g/mol. The van der Waals surface area contributed by atoms with Crippen molar-refractivity contribution in [1.29, 1.82) is 5.26 Å². The Kier molecular flexibility index (Phi) is 5.68. The number of para-hydroxylation sites is 1. The number of nitrogens with two attached hydrogens (primary N) is 1. The lowest BCUT2D eigenvalue weighted by atomic mass is 10.1. The molecule has 0 radical (unpaired) electrons. The van der Waals surface area contributed by atoms with Crippen molar-refractivity contribution in [3.8, 4) is 11.8 Å². The van der Waals surface area contributed by atoms with Crippen molar-refractivity contribution in [2.45, 2.75) is 19.4 Å². The van der Waals surface area contributed by atoms with E-state index in [0.717, 1.165) is 5.56 Å². The molecule has 0 saturated carbocycles. The maximum atomic E-state index is 11.4. The third kappa shape index (κ3) is 4.44. The predicted octanol–water partition coefficient (Wildman–Crippen LogP) is 1.11. The lowest BCUT2D eigenvalue weighted by molar-refractivity contribution is -0.123. The number of nitrogens with one attached hydrogen (secondary N) is 1. The molecular weight excluding hydrogens is 230 g/mol. The number of benzene rings is 1. The van der Waals surface area contributed by atoms with Gasteiger partial charge in [0, 0.05) is 18.2 Å². The first-order valence-electron chi connectivity index (χ1n) is 5.76. The van der Waals surface area contributed by atoms with Gasteiger partial charge in [-0.15, -0.1) is 0 Å². The van der Waals surface area contributed by atoms with E-state index in [4.69, 9.17) is 15.7 Å². The molecule has 0 aromatic heterocycles. The number of hydrogen-bond acceptors (Lipinski definition) is 4. The number of rotatable bonds is 6. The number of hydrogen-bond donors (Lipinski definition) is 2. The molecule has 18 heavy (non-hydrogen) atoms. The second kappa shape index (κ2) is 7.30. The van der Waals surface area contributed by atoms with Crippen LogP contribution in [-0.4, -0.2) is 19.1 Å². The maximum absolute atomic E-state index is 11.4. The standard InChI is InChI=1S/C13H17N3O2/c1-10(15)11-5-2-3-6-12(11)18-9-13(17)16-8-4-7-14/h2-3,5-6,10H,4,8-9,15H2,1H3,(H,16,17)/t10-/m1/s1. The minimum atomic E-state index is -0.246. The molecule has 0 fully saturated rings. The van der Waals surface area contributed by atoms with Crippen LogP contribution in [0.5, 0.6) is 5.75 Å². The van der Waals surface area contributed by atoms with Gasteiger partial charge < -0.3 is 15.8 Å². The Balaban J connectivity index is 2.48. The van der Waals surface area contributed by atoms with Crippen LogP contribution in [0, 0.1) is 11.3 Å². The summed E-state index contributed by atoms with van der Waals surface area (Å²) in [5.74, 6) is 0.368. The number of amides is 1. The molecule has 5 heteroatoms. The minimum absolute atomic E-state index is 0.0742. The van der Waals surface area contributed by atoms with E-state index in [-0.39, 0.29) is 18.6 Å². The summed E-state index contributed by atoms with van der Waals surface area (Å²) in [5, 5.41) is 10.9. The molecule has 0 unspecified atom stereocenters. The molecule has 0 aliphatic carbocycles. The Morgan fingerprint density at radius 3 is 2.94 bits per heavy atom. The molecule has 1 rings (SSSR count). The van der Waals surface area contributed by atoms with E-state index in [0.29, 0.717) is 18.7 Å². The molecule has 0 bridgehead atoms. The monoisotopic (exact) mass is 247 g/mol. The van der Waals surface area contributed by atoms with Crippen molar-refractivity contribution in [2.24, 2.45) is 5.73 Å². The van der Waals surface area contributed by atoms with E-state index in [1.165, 1.54) is 0 Å². The van der Waals surface area contributed by atoms with Crippen LogP contribution in [-0.2, 0) is 4.79 Å². The summed E-state index contributed by atoms with van der Waals surface area (Å²) in [4.78, 5) is 11.4. The van der Waals surface area contributed by atoms with Gasteiger partial charge in [-0.25, -0.2) is 0 Å². The van der Waals surface area contributed by atoms with Crippen molar-refractivity contribution < 1.29 is 9.53 Å². The largest absolute Gasteiger partial charge is 0.483 e. The van der Waals surface area contributed by atoms with E-state index in [9.17, 15) is 4.79 Å². The number of carbonyl (C=O) groups excluding carboxylic acids is 1. The summed E-state index contributed by atoms with van der Waals surface area (Å²) in [5.41, 5.74) is 6.67. The normalized spacial score (nSPS) is 11.4. The summed E-state index contributed by atoms with van der Waals surface area (Å²) in [7, 11) is 0. The minimum Gasteiger partial charge on any atom is -0.483 e. The molecule has 0 aliphatic heterocycles. The van der Waals surface area contributed by atoms with E-state index in [2.05, 4.69) is 5.32 Å². The van der Waals surface area contributed by atoms with Gasteiger partial charge >= 0.3 is 0 Å². The Morgan fingerprint density at radius 1 is 1.56 bits per heavy atom. The zero-order valence-corrected chi connectivity index (χ0v) is 10.3. The maximum Gasteiger partial charge on any atom is 0.257 e. The van der Waals surface area contributed by atoms with E-state index < -0.39 is 0 Å². The van der Waals surface area contributed by atoms with Crippen molar-refractivity contribution in [3.63, 3.8) is 0 Å². The first kappa shape index (κ1) is 14.0. The van der Waals surface area contributed by atoms with Crippen molar-refractivity contribution >= 4 is 5.91 Å². The third-order valence-corrected chi connectivity index (χ3v) is 2.33. The predicted molar refractivity (Wildman–Crippen MR) is 67.8 cm³/mol. The number of ether oxygens (including phenoxy) is 1. The van der Waals surface area contributed by atoms with E-state index in [1.54, 1.807) is 6.07 Å². The summed E-state index contributed by atoms with van der Waals surface area (Å²) in [6, 6.07) is 9.15. The van der Waals surface area contributed by atoms with Crippen LogP contribution in [0.15, 0.2) is 24.3 Å². The van der Waals surface area contributed by atoms with Crippen molar-refractivity contribution in [1.82, 2.24) is 5.32 Å². The van der Waals surface area contributed by atoms with Crippen LogP contribution in [0.4, 0.5) is 0 Å². The second-order valence-electron chi connectivity index (χ2n) is 3.87. The van der Waals surface area contributed by atoms with Gasteiger partial charge in [-0.05, 0) is 13.0 Å². The smallest absolute Gasteiger partial charge is 0.257 e. The lowest BCUT2D eigenvalue weighted by Crippen LogP contribution is -2.29. The number of nitriles is 1. The fourth-order valence-corrected chi connectivity index (χ4v) is 1.44. The topological polar surface area (TPSA) is 88.1 Å². The van der Waals surface area contributed by atoms with Gasteiger partial charge in [0.15, 0.2) is 6.61 Å². The molecular formula is C13H17N3O2. The Hall–Kier alpha value is -2.06. The van der Waals surface area contributed by atoms with Crippen molar-refractivity contribution in [2.75, 3.05) is 13.2 Å². The first-order chi connectivity index (χ1) is 8.65. The highest BCUT2D eigenvalue weighted by atomic mass is 16.5. The highest BCUT2D eigenvalue weighted by Crippen LogP contribution is 2.22. The van der Waals surface area contributed by atoms with Crippen LogP contribution in [0.1, 0.15) is 24.9 Å². The fourth-order valence-electron chi connectivity index (χ4n) is 1.44. The van der Waals surface area contributed by atoms with Gasteiger partial charge in [0.25, 0.3) is 5.91 Å². The highest BCUT2D eigenvalue weighted by Gasteiger charge is 2.08. The van der Waals surface area contributed by atoms with Gasteiger partial charge in [-0.1, -0.05) is 18.2 Å². The number of nitrogens with zero attached hydrogens (tertiary/aromatic N) is 1. The lowest BCUT2D eigenvalue weighted by Gasteiger charge is -2.13. The molecule has 0 spiro atoms. The van der Waals surface area contributed by atoms with Gasteiger partial charge in [-0.2, -0.15) is 5.26 Å². The van der Waals surface area contributed by atoms with E-state index in [1.807, 2.05) is 31.2 Å². The molecule has 96 valence electrons. The average Bonchev–Trinajstić information content (AvgIpc) is 2.37. The van der Waals surface area contributed by atoms with Crippen LogP contribution in [0.25, 0.3) is 0 Å². The van der Waals surface area contributed by atoms with Gasteiger partial charge in [-0.3, -0.25) is 4.79 Å². The highest BCUT2D eigenvalue weighted by molar-refractivity contribution is 5.77. The van der Waals surface area contributed by atoms with Crippen LogP contribution < -0.4 is 15.8 Å². The Morgan fingerprint density at radius 2 is 2.28 bits per heavy atom. The molecule has 0 saturated heterocycles. The van der Waals surface area contributed by atoms with Gasteiger partial charge in [0.1, 0.15) is 5.75 Å². The molecule has 1 aromatic carbocycles. The Bertz CT molecular complexity index is 438. The molecule has 1 aromatic rings. The summed E-state index contributed by atoms with van der Waals surface area (Å²) in [6.07, 6.45) is 0.294. The summed E-state index contributed by atoms with van der Waals surface area (Å²) >= 11 is 0. The molecule has 0 aliphatic rings. The molecule has 1 amide bonds. The van der Waals surface area contributed by atoms with Crippen LogP contribution >= 0.6 is 0 Å². The quantitative estimate of drug-likeness (QED) is 0.737. The Labute approximate surface area is 107 Å². The van der Waals surface area contributed by atoms with Crippen LogP contribution in [0.2, 0.25) is 0 Å². The molecule has 3 N–H and O–H groups in total. The first-order valence-corrected chi connectivity index (χ1v) is 5.76. The SMILES string of the molecule is C[C@@H](N)c1ccccc1OCC(=O)NCCC#N. The zero-order chi connectivity index (χ0) is 13.4. The zero-order valence-electron chi connectivity index (χ0n) is 10.3. The molecule has 5 nitrogen and oxygen atoms in total. The summed E-state index contributed by atoms with van der Waals surface area (Å²) < 4.78 is 5.42. The fraction of sp³-hybridized carbons (Fsp3) is 0.385. The summed E-state index contributed by atoms with van der Waals surface area (Å²) in [6.45, 7) is 2.12. The van der Waals surface area contributed by atoms with Gasteiger partial charge in [0.2, 0.25) is 0 Å². The third-order valence-electron chi connectivity index (χ3n) is 2.33. The molecule has 1 atom stereocenters. The number of carbonyl (C=O) groups is 1. The van der Waals surface area contributed by atoms with Crippen molar-refractivity contribution in [3.05, 3.63) is 29.8 Å². The second-order valence-corrected chi connectivity index (χ2v) is 3.87. The molecule has 0 heterocycles. The van der Waals surface area contributed by atoms with E-state index >= 15 is 0 Å². The van der Waals surface area contributed by atoms with Crippen LogP contribution in [0.3, 0.4) is 0 Å². The van der Waals surface area contributed by atoms with Gasteiger partial charge in [0.05, 0.1) is 12.5 Å².